The Bertz CT molecular complexity index is 220. The molecule has 1 unspecified atom stereocenters. The van der Waals surface area contributed by atoms with E-state index in [1.807, 2.05) is 26.1 Å². The molecule has 0 fully saturated rings. The van der Waals surface area contributed by atoms with E-state index in [1.165, 1.54) is 0 Å². The third-order valence-electron chi connectivity index (χ3n) is 1.74. The summed E-state index contributed by atoms with van der Waals surface area (Å²) in [5, 5.41) is 3.08. The third-order valence-corrected chi connectivity index (χ3v) is 1.74. The summed E-state index contributed by atoms with van der Waals surface area (Å²) in [6.45, 7) is 2.51. The van der Waals surface area contributed by atoms with Crippen LogP contribution in [0.5, 0.6) is 0 Å². The molecule has 0 radical (unpaired) electrons. The highest BCUT2D eigenvalue weighted by atomic mass is 16.3. The summed E-state index contributed by atoms with van der Waals surface area (Å²) in [5.41, 5.74) is 5.39. The van der Waals surface area contributed by atoms with Gasteiger partial charge in [0.2, 0.25) is 0 Å². The van der Waals surface area contributed by atoms with Crippen molar-refractivity contribution in [3.63, 3.8) is 0 Å². The molecule has 0 saturated carbocycles. The first-order valence-corrected chi connectivity index (χ1v) is 3.74. The lowest BCUT2D eigenvalue weighted by Crippen LogP contribution is -2.11. The van der Waals surface area contributed by atoms with Crippen LogP contribution in [0.15, 0.2) is 16.5 Å². The number of hydrogen-bond donors (Lipinski definition) is 2. The maximum atomic E-state index is 5.40. The van der Waals surface area contributed by atoms with Crippen LogP contribution in [0, 0.1) is 0 Å². The van der Waals surface area contributed by atoms with E-state index in [1.54, 1.807) is 0 Å². The minimum atomic E-state index is 0.260. The van der Waals surface area contributed by atoms with Gasteiger partial charge in [-0.3, -0.25) is 0 Å². The van der Waals surface area contributed by atoms with Crippen molar-refractivity contribution in [1.29, 1.82) is 0 Å². The molecule has 3 nitrogen and oxygen atoms in total. The fraction of sp³-hybridized carbons (Fsp3) is 0.500. The lowest BCUT2D eigenvalue weighted by molar-refractivity contribution is 0.421. The summed E-state index contributed by atoms with van der Waals surface area (Å²) < 4.78 is 5.40. The van der Waals surface area contributed by atoms with Gasteiger partial charge in [-0.2, -0.15) is 0 Å². The molecule has 0 saturated heterocycles. The molecule has 0 bridgehead atoms. The van der Waals surface area contributed by atoms with Crippen LogP contribution in [-0.2, 0) is 6.54 Å². The van der Waals surface area contributed by atoms with Crippen LogP contribution in [-0.4, -0.2) is 7.05 Å². The Labute approximate surface area is 66.6 Å². The molecule has 0 aromatic carbocycles. The van der Waals surface area contributed by atoms with E-state index >= 15 is 0 Å². The van der Waals surface area contributed by atoms with Gasteiger partial charge in [0.1, 0.15) is 11.5 Å². The van der Waals surface area contributed by atoms with Gasteiger partial charge in [-0.25, -0.2) is 0 Å². The molecule has 62 valence electrons. The maximum absolute atomic E-state index is 5.40. The second-order valence-corrected chi connectivity index (χ2v) is 2.52. The minimum Gasteiger partial charge on any atom is -0.463 e. The first kappa shape index (κ1) is 8.30. The Morgan fingerprint density at radius 1 is 1.64 bits per heavy atom. The lowest BCUT2D eigenvalue weighted by atomic mass is 10.3. The van der Waals surface area contributed by atoms with Crippen LogP contribution >= 0.6 is 0 Å². The van der Waals surface area contributed by atoms with Crippen molar-refractivity contribution in [2.75, 3.05) is 7.05 Å². The van der Waals surface area contributed by atoms with E-state index in [-0.39, 0.29) is 6.04 Å². The van der Waals surface area contributed by atoms with Crippen LogP contribution in [0.3, 0.4) is 0 Å². The first-order chi connectivity index (χ1) is 5.27. The zero-order valence-corrected chi connectivity index (χ0v) is 6.92. The Kier molecular flexibility index (Phi) is 2.68. The highest BCUT2D eigenvalue weighted by Gasteiger charge is 2.06. The molecule has 0 aliphatic rings. The van der Waals surface area contributed by atoms with Crippen LogP contribution in [0.2, 0.25) is 0 Å². The van der Waals surface area contributed by atoms with Crippen molar-refractivity contribution in [3.05, 3.63) is 23.7 Å². The predicted molar refractivity (Wildman–Crippen MR) is 44.1 cm³/mol. The van der Waals surface area contributed by atoms with Gasteiger partial charge in [-0.15, -0.1) is 0 Å². The third kappa shape index (κ3) is 1.82. The monoisotopic (exact) mass is 154 g/mol. The highest BCUT2D eigenvalue weighted by Crippen LogP contribution is 2.14. The number of furan rings is 1. The summed E-state index contributed by atoms with van der Waals surface area (Å²) in [7, 11) is 1.90. The summed E-state index contributed by atoms with van der Waals surface area (Å²) in [6, 6.07) is 4.11. The molecule has 0 amide bonds. The van der Waals surface area contributed by atoms with E-state index in [0.717, 1.165) is 11.5 Å². The summed E-state index contributed by atoms with van der Waals surface area (Å²) >= 11 is 0. The van der Waals surface area contributed by atoms with Gasteiger partial charge in [-0.1, -0.05) is 0 Å². The van der Waals surface area contributed by atoms with E-state index < -0.39 is 0 Å². The standard InChI is InChI=1S/C8H14N2O/c1-6(10-2)8-4-3-7(5-9)11-8/h3-4,6,10H,5,9H2,1-2H3. The van der Waals surface area contributed by atoms with Gasteiger partial charge in [0.15, 0.2) is 0 Å². The van der Waals surface area contributed by atoms with Crippen molar-refractivity contribution in [2.24, 2.45) is 5.73 Å². The van der Waals surface area contributed by atoms with Crippen molar-refractivity contribution in [2.45, 2.75) is 19.5 Å². The Morgan fingerprint density at radius 2 is 2.36 bits per heavy atom. The van der Waals surface area contributed by atoms with Crippen molar-refractivity contribution in [3.8, 4) is 0 Å². The van der Waals surface area contributed by atoms with E-state index in [2.05, 4.69) is 5.32 Å². The molecular formula is C8H14N2O. The topological polar surface area (TPSA) is 51.2 Å². The molecule has 1 aromatic heterocycles. The molecular weight excluding hydrogens is 140 g/mol. The zero-order valence-electron chi connectivity index (χ0n) is 6.92. The molecule has 1 rings (SSSR count). The largest absolute Gasteiger partial charge is 0.463 e. The van der Waals surface area contributed by atoms with Crippen molar-refractivity contribution in [1.82, 2.24) is 5.32 Å². The first-order valence-electron chi connectivity index (χ1n) is 3.74. The molecule has 1 heterocycles. The number of nitrogens with two attached hydrogens (primary N) is 1. The second kappa shape index (κ2) is 3.55. The van der Waals surface area contributed by atoms with E-state index in [0.29, 0.717) is 6.54 Å². The molecule has 11 heavy (non-hydrogen) atoms. The second-order valence-electron chi connectivity index (χ2n) is 2.52. The molecule has 3 N–H and O–H groups in total. The van der Waals surface area contributed by atoms with Crippen LogP contribution < -0.4 is 11.1 Å². The number of nitrogens with one attached hydrogen (secondary N) is 1. The van der Waals surface area contributed by atoms with Crippen LogP contribution in [0.25, 0.3) is 0 Å². The predicted octanol–water partition coefficient (Wildman–Crippen LogP) is 1.02. The number of rotatable bonds is 3. The Morgan fingerprint density at radius 3 is 2.82 bits per heavy atom. The minimum absolute atomic E-state index is 0.260. The maximum Gasteiger partial charge on any atom is 0.120 e. The fourth-order valence-electron chi connectivity index (χ4n) is 0.879. The van der Waals surface area contributed by atoms with Gasteiger partial charge >= 0.3 is 0 Å². The van der Waals surface area contributed by atoms with Crippen LogP contribution in [0.1, 0.15) is 24.5 Å². The quantitative estimate of drug-likeness (QED) is 0.683. The fourth-order valence-corrected chi connectivity index (χ4v) is 0.879. The van der Waals surface area contributed by atoms with Gasteiger partial charge in [0.05, 0.1) is 12.6 Å². The molecule has 3 heteroatoms. The van der Waals surface area contributed by atoms with Gasteiger partial charge < -0.3 is 15.5 Å². The molecule has 0 aliphatic heterocycles. The Balaban J connectivity index is 2.71. The SMILES string of the molecule is CNC(C)c1ccc(CN)o1. The summed E-state index contributed by atoms with van der Waals surface area (Å²) in [6.07, 6.45) is 0. The highest BCUT2D eigenvalue weighted by molar-refractivity contribution is 5.09. The van der Waals surface area contributed by atoms with Crippen LogP contribution in [0.4, 0.5) is 0 Å². The van der Waals surface area contributed by atoms with Gasteiger partial charge in [-0.05, 0) is 26.1 Å². The normalized spacial score (nSPS) is 13.4. The van der Waals surface area contributed by atoms with E-state index in [4.69, 9.17) is 10.2 Å². The average Bonchev–Trinajstić information content (AvgIpc) is 2.50. The van der Waals surface area contributed by atoms with Gasteiger partial charge in [0.25, 0.3) is 0 Å². The van der Waals surface area contributed by atoms with Gasteiger partial charge in [0, 0.05) is 0 Å². The molecule has 1 aromatic rings. The smallest absolute Gasteiger partial charge is 0.120 e. The van der Waals surface area contributed by atoms with E-state index in [9.17, 15) is 0 Å². The average molecular weight is 154 g/mol. The zero-order chi connectivity index (χ0) is 8.27. The molecule has 0 aliphatic carbocycles. The lowest BCUT2D eigenvalue weighted by Gasteiger charge is -2.04. The summed E-state index contributed by atoms with van der Waals surface area (Å²) in [5.74, 6) is 1.77. The molecule has 1 atom stereocenters. The summed E-state index contributed by atoms with van der Waals surface area (Å²) in [4.78, 5) is 0. The van der Waals surface area contributed by atoms with Crippen molar-refractivity contribution >= 4 is 0 Å². The number of hydrogen-bond acceptors (Lipinski definition) is 3. The molecule has 0 spiro atoms. The Hall–Kier alpha value is -0.800. The van der Waals surface area contributed by atoms with Crippen molar-refractivity contribution < 1.29 is 4.42 Å².